The highest BCUT2D eigenvalue weighted by Crippen LogP contribution is 2.24. The lowest BCUT2D eigenvalue weighted by Gasteiger charge is -2.38. The lowest BCUT2D eigenvalue weighted by atomic mass is 10.0. The number of alkyl halides is 2. The van der Waals surface area contributed by atoms with Crippen molar-refractivity contribution in [3.8, 4) is 0 Å². The number of quaternary nitrogens is 1. The van der Waals surface area contributed by atoms with Gasteiger partial charge in [0.1, 0.15) is 6.54 Å². The number of allylic oxidation sites excluding steroid dienone is 2. The van der Waals surface area contributed by atoms with E-state index in [1.165, 1.54) is 0 Å². The third-order valence-corrected chi connectivity index (χ3v) is 4.59. The van der Waals surface area contributed by atoms with Gasteiger partial charge in [0.05, 0.1) is 18.7 Å². The van der Waals surface area contributed by atoms with E-state index in [-0.39, 0.29) is 0 Å². The van der Waals surface area contributed by atoms with E-state index >= 15 is 0 Å². The SMILES string of the molecule is CC[N+]1(CCc2ccc(C(C)(C)O)cn2)CC=CC=C1OCC(F)F. The highest BCUT2D eigenvalue weighted by Gasteiger charge is 2.33. The van der Waals surface area contributed by atoms with Gasteiger partial charge in [-0.05, 0) is 32.9 Å². The molecule has 1 aromatic heterocycles. The summed E-state index contributed by atoms with van der Waals surface area (Å²) in [5.74, 6) is 0.582. The van der Waals surface area contributed by atoms with Crippen molar-refractivity contribution >= 4 is 0 Å². The molecule has 1 atom stereocenters. The maximum Gasteiger partial charge on any atom is 0.291 e. The third kappa shape index (κ3) is 5.09. The van der Waals surface area contributed by atoms with E-state index in [0.717, 1.165) is 17.8 Å². The molecular formula is C19H27F2N2O2+. The molecule has 1 aliphatic rings. The Hall–Kier alpha value is -1.79. The zero-order valence-corrected chi connectivity index (χ0v) is 15.1. The average molecular weight is 353 g/mol. The molecular weight excluding hydrogens is 326 g/mol. The molecule has 0 saturated heterocycles. The smallest absolute Gasteiger partial charge is 0.291 e. The molecule has 6 heteroatoms. The molecule has 0 spiro atoms. The molecule has 2 rings (SSSR count). The molecule has 1 N–H and O–H groups in total. The van der Waals surface area contributed by atoms with Crippen molar-refractivity contribution in [1.29, 1.82) is 0 Å². The Morgan fingerprint density at radius 1 is 1.36 bits per heavy atom. The monoisotopic (exact) mass is 353 g/mol. The summed E-state index contributed by atoms with van der Waals surface area (Å²) < 4.78 is 30.9. The Morgan fingerprint density at radius 2 is 2.12 bits per heavy atom. The molecule has 25 heavy (non-hydrogen) atoms. The molecule has 0 bridgehead atoms. The van der Waals surface area contributed by atoms with Crippen LogP contribution in [0.2, 0.25) is 0 Å². The summed E-state index contributed by atoms with van der Waals surface area (Å²) in [7, 11) is 0. The fraction of sp³-hybridized carbons (Fsp3) is 0.526. The van der Waals surface area contributed by atoms with Crippen molar-refractivity contribution in [3.05, 3.63) is 53.7 Å². The second kappa shape index (κ2) is 8.06. The van der Waals surface area contributed by atoms with Crippen LogP contribution in [0.3, 0.4) is 0 Å². The molecule has 0 aromatic carbocycles. The third-order valence-electron chi connectivity index (χ3n) is 4.59. The van der Waals surface area contributed by atoms with E-state index in [0.29, 0.717) is 29.9 Å². The van der Waals surface area contributed by atoms with Crippen LogP contribution in [0.4, 0.5) is 8.78 Å². The van der Waals surface area contributed by atoms with Gasteiger partial charge in [-0.15, -0.1) is 0 Å². The lowest BCUT2D eigenvalue weighted by Crippen LogP contribution is -2.50. The molecule has 0 amide bonds. The van der Waals surface area contributed by atoms with Crippen molar-refractivity contribution < 1.29 is 23.1 Å². The van der Waals surface area contributed by atoms with Crippen molar-refractivity contribution in [2.75, 3.05) is 26.2 Å². The fourth-order valence-electron chi connectivity index (χ4n) is 2.90. The normalized spacial score (nSPS) is 20.7. The van der Waals surface area contributed by atoms with Gasteiger partial charge in [-0.25, -0.2) is 8.78 Å². The first-order chi connectivity index (χ1) is 11.8. The van der Waals surface area contributed by atoms with Crippen LogP contribution in [0, 0.1) is 0 Å². The van der Waals surface area contributed by atoms with Gasteiger partial charge in [0.15, 0.2) is 6.61 Å². The van der Waals surface area contributed by atoms with E-state index in [1.807, 2.05) is 31.2 Å². The van der Waals surface area contributed by atoms with Gasteiger partial charge in [-0.2, -0.15) is 0 Å². The van der Waals surface area contributed by atoms with Crippen molar-refractivity contribution in [3.63, 3.8) is 0 Å². The highest BCUT2D eigenvalue weighted by atomic mass is 19.3. The molecule has 1 aromatic rings. The standard InChI is InChI=1S/C19H27F2N2O2/c1-4-23(11-6-5-7-18(23)25-14-17(20)21)12-10-16-9-8-15(13-22-16)19(2,3)24/h5-9,13,17,24H,4,10-12,14H2,1-3H3/q+1. The molecule has 0 fully saturated rings. The topological polar surface area (TPSA) is 42.4 Å². The average Bonchev–Trinajstić information content (AvgIpc) is 2.58. The number of aliphatic hydroxyl groups is 1. The Morgan fingerprint density at radius 3 is 2.68 bits per heavy atom. The number of likely N-dealkylation sites (N-methyl/N-ethyl adjacent to an activating group) is 1. The molecule has 1 unspecified atom stereocenters. The molecule has 0 aliphatic carbocycles. The van der Waals surface area contributed by atoms with E-state index in [9.17, 15) is 13.9 Å². The van der Waals surface area contributed by atoms with Crippen molar-refractivity contribution in [1.82, 2.24) is 4.98 Å². The summed E-state index contributed by atoms with van der Waals surface area (Å²) in [6.45, 7) is 7.07. The summed E-state index contributed by atoms with van der Waals surface area (Å²) in [5.41, 5.74) is 0.749. The van der Waals surface area contributed by atoms with Gasteiger partial charge in [0.2, 0.25) is 0 Å². The maximum atomic E-state index is 12.5. The lowest BCUT2D eigenvalue weighted by molar-refractivity contribution is -0.900. The second-order valence-corrected chi connectivity index (χ2v) is 6.85. The van der Waals surface area contributed by atoms with E-state index < -0.39 is 18.6 Å². The molecule has 0 radical (unpaired) electrons. The van der Waals surface area contributed by atoms with Crippen LogP contribution in [0.1, 0.15) is 32.0 Å². The summed E-state index contributed by atoms with van der Waals surface area (Å²) in [4.78, 5) is 4.43. The van der Waals surface area contributed by atoms with Crippen LogP contribution >= 0.6 is 0 Å². The van der Waals surface area contributed by atoms with Crippen LogP contribution in [0.5, 0.6) is 0 Å². The van der Waals surface area contributed by atoms with Gasteiger partial charge in [0, 0.05) is 30.0 Å². The molecule has 1 aliphatic heterocycles. The number of hydrogen-bond acceptors (Lipinski definition) is 3. The Bertz CT molecular complexity index is 621. The first-order valence-corrected chi connectivity index (χ1v) is 8.59. The fourth-order valence-corrected chi connectivity index (χ4v) is 2.90. The Balaban J connectivity index is 2.07. The minimum absolute atomic E-state index is 0.498. The zero-order valence-electron chi connectivity index (χ0n) is 15.1. The molecule has 2 heterocycles. The van der Waals surface area contributed by atoms with Crippen LogP contribution in [-0.4, -0.2) is 47.2 Å². The largest absolute Gasteiger partial charge is 0.446 e. The predicted octanol–water partition coefficient (Wildman–Crippen LogP) is 3.38. The summed E-state index contributed by atoms with van der Waals surface area (Å²) in [6, 6.07) is 3.78. The minimum atomic E-state index is -2.48. The quantitative estimate of drug-likeness (QED) is 0.729. The van der Waals surface area contributed by atoms with Crippen LogP contribution in [-0.2, 0) is 16.8 Å². The van der Waals surface area contributed by atoms with Crippen molar-refractivity contribution in [2.24, 2.45) is 0 Å². The minimum Gasteiger partial charge on any atom is -0.446 e. The maximum absolute atomic E-state index is 12.5. The summed E-state index contributed by atoms with van der Waals surface area (Å²) >= 11 is 0. The van der Waals surface area contributed by atoms with Gasteiger partial charge in [0.25, 0.3) is 12.3 Å². The highest BCUT2D eigenvalue weighted by molar-refractivity contribution is 5.19. The number of halogens is 2. The molecule has 138 valence electrons. The second-order valence-electron chi connectivity index (χ2n) is 6.85. The number of rotatable bonds is 8. The first kappa shape index (κ1) is 19.5. The predicted molar refractivity (Wildman–Crippen MR) is 92.9 cm³/mol. The Kier molecular flexibility index (Phi) is 6.30. The molecule has 4 nitrogen and oxygen atoms in total. The van der Waals surface area contributed by atoms with Crippen molar-refractivity contribution in [2.45, 2.75) is 39.2 Å². The number of hydrogen-bond donors (Lipinski definition) is 1. The summed E-state index contributed by atoms with van der Waals surface area (Å²) in [6.07, 6.45) is 5.56. The first-order valence-electron chi connectivity index (χ1n) is 8.59. The van der Waals surface area contributed by atoms with Gasteiger partial charge < -0.3 is 9.84 Å². The number of aromatic nitrogens is 1. The molecule has 0 saturated carbocycles. The van der Waals surface area contributed by atoms with E-state index in [2.05, 4.69) is 4.98 Å². The van der Waals surface area contributed by atoms with E-state index in [4.69, 9.17) is 4.74 Å². The number of nitrogens with zero attached hydrogens (tertiary/aromatic N) is 2. The Labute approximate surface area is 148 Å². The van der Waals surface area contributed by atoms with E-state index in [1.54, 1.807) is 26.1 Å². The van der Waals surface area contributed by atoms with Gasteiger partial charge >= 0.3 is 0 Å². The number of ether oxygens (including phenoxy) is 1. The van der Waals surface area contributed by atoms with Crippen LogP contribution in [0.25, 0.3) is 0 Å². The van der Waals surface area contributed by atoms with Crippen LogP contribution in [0.15, 0.2) is 42.4 Å². The number of pyridine rings is 1. The van der Waals surface area contributed by atoms with Gasteiger partial charge in [-0.3, -0.25) is 9.47 Å². The summed E-state index contributed by atoms with van der Waals surface area (Å²) in [5, 5.41) is 10.00. The van der Waals surface area contributed by atoms with Gasteiger partial charge in [-0.1, -0.05) is 12.1 Å². The zero-order chi connectivity index (χ0) is 18.5. The van der Waals surface area contributed by atoms with Crippen LogP contribution < -0.4 is 0 Å².